The second-order valence-corrected chi connectivity index (χ2v) is 6.94. The number of ether oxygens (including phenoxy) is 2. The van der Waals surface area contributed by atoms with Gasteiger partial charge in [-0.25, -0.2) is 0 Å². The second-order valence-electron chi connectivity index (χ2n) is 6.94. The maximum absolute atomic E-state index is 12.3. The van der Waals surface area contributed by atoms with Gasteiger partial charge in [0.2, 0.25) is 11.8 Å². The summed E-state index contributed by atoms with van der Waals surface area (Å²) >= 11 is 0. The minimum Gasteiger partial charge on any atom is -0.493 e. The number of benzene rings is 2. The van der Waals surface area contributed by atoms with Crippen molar-refractivity contribution in [3.05, 3.63) is 53.6 Å². The highest BCUT2D eigenvalue weighted by Gasteiger charge is 2.13. The van der Waals surface area contributed by atoms with Crippen molar-refractivity contribution in [2.24, 2.45) is 5.73 Å². The molecule has 0 spiro atoms. The molecule has 9 heteroatoms. The van der Waals surface area contributed by atoms with Gasteiger partial charge in [0.25, 0.3) is 5.91 Å². The number of nitrogens with two attached hydrogens (primary N) is 1. The zero-order valence-electron chi connectivity index (χ0n) is 18.1. The quantitative estimate of drug-likeness (QED) is 0.341. The van der Waals surface area contributed by atoms with Crippen molar-refractivity contribution in [3.63, 3.8) is 0 Å². The third kappa shape index (κ3) is 7.42. The number of para-hydroxylation sites is 1. The summed E-state index contributed by atoms with van der Waals surface area (Å²) < 4.78 is 10.9. The molecule has 0 saturated heterocycles. The lowest BCUT2D eigenvalue weighted by molar-refractivity contribution is -0.118. The largest absolute Gasteiger partial charge is 0.493 e. The van der Waals surface area contributed by atoms with E-state index >= 15 is 0 Å². The van der Waals surface area contributed by atoms with E-state index in [1.165, 1.54) is 14.0 Å². The van der Waals surface area contributed by atoms with Crippen molar-refractivity contribution >= 4 is 29.2 Å². The van der Waals surface area contributed by atoms with Crippen LogP contribution in [0.2, 0.25) is 0 Å². The molecule has 9 nitrogen and oxygen atoms in total. The van der Waals surface area contributed by atoms with Crippen LogP contribution in [0.4, 0.5) is 5.69 Å². The number of amides is 3. The summed E-state index contributed by atoms with van der Waals surface area (Å²) in [6.07, 6.45) is 0.629. The molecule has 170 valence electrons. The molecule has 0 atom stereocenters. The number of anilines is 1. The van der Waals surface area contributed by atoms with Crippen molar-refractivity contribution in [2.75, 3.05) is 25.6 Å². The van der Waals surface area contributed by atoms with E-state index in [1.54, 1.807) is 42.5 Å². The Kier molecular flexibility index (Phi) is 9.22. The molecule has 0 fully saturated rings. The fourth-order valence-electron chi connectivity index (χ4n) is 2.82. The van der Waals surface area contributed by atoms with Gasteiger partial charge in [0.1, 0.15) is 0 Å². The van der Waals surface area contributed by atoms with Crippen LogP contribution in [0, 0.1) is 0 Å². The number of primary amides is 1. The molecule has 0 radical (unpaired) electrons. The van der Waals surface area contributed by atoms with E-state index in [-0.39, 0.29) is 43.2 Å². The van der Waals surface area contributed by atoms with E-state index < -0.39 is 11.8 Å². The number of ketones is 1. The molecule has 0 aliphatic rings. The van der Waals surface area contributed by atoms with Crippen LogP contribution in [0.25, 0.3) is 0 Å². The van der Waals surface area contributed by atoms with Crippen LogP contribution in [0.1, 0.15) is 46.9 Å². The minimum absolute atomic E-state index is 0.0303. The molecule has 0 bridgehead atoms. The molecule has 0 aliphatic heterocycles. The Bertz CT molecular complexity index is 989. The smallest absolute Gasteiger partial charge is 0.253 e. The number of hydrogen-bond acceptors (Lipinski definition) is 6. The highest BCUT2D eigenvalue weighted by molar-refractivity contribution is 6.03. The molecule has 2 rings (SSSR count). The van der Waals surface area contributed by atoms with Gasteiger partial charge in [-0.15, -0.1) is 0 Å². The van der Waals surface area contributed by atoms with Crippen LogP contribution < -0.4 is 25.8 Å². The molecule has 0 saturated carbocycles. The first-order valence-corrected chi connectivity index (χ1v) is 10.1. The zero-order valence-corrected chi connectivity index (χ0v) is 18.1. The van der Waals surface area contributed by atoms with Gasteiger partial charge in [-0.1, -0.05) is 12.1 Å². The number of Topliss-reactive ketones (excluding diaryl/α,β-unsaturated/α-hetero) is 1. The molecule has 4 N–H and O–H groups in total. The zero-order chi connectivity index (χ0) is 23.5. The molecule has 0 aromatic heterocycles. The van der Waals surface area contributed by atoms with E-state index in [0.717, 1.165) is 0 Å². The number of nitrogens with one attached hydrogen (secondary N) is 2. The fourth-order valence-corrected chi connectivity index (χ4v) is 2.82. The van der Waals surface area contributed by atoms with Gasteiger partial charge in [0, 0.05) is 24.9 Å². The normalized spacial score (nSPS) is 10.2. The molecule has 3 amide bonds. The van der Waals surface area contributed by atoms with Crippen LogP contribution in [0.5, 0.6) is 11.5 Å². The van der Waals surface area contributed by atoms with Crippen molar-refractivity contribution in [3.8, 4) is 11.5 Å². The molecule has 32 heavy (non-hydrogen) atoms. The summed E-state index contributed by atoms with van der Waals surface area (Å²) in [5.74, 6) is -0.347. The predicted molar refractivity (Wildman–Crippen MR) is 119 cm³/mol. The molecular formula is C23H27N3O6. The van der Waals surface area contributed by atoms with Crippen LogP contribution in [0.15, 0.2) is 42.5 Å². The van der Waals surface area contributed by atoms with Crippen molar-refractivity contribution in [1.82, 2.24) is 5.32 Å². The number of carbonyl (C=O) groups is 4. The molecule has 0 heterocycles. The summed E-state index contributed by atoms with van der Waals surface area (Å²) in [5.41, 5.74) is 6.24. The van der Waals surface area contributed by atoms with Gasteiger partial charge in [0.05, 0.1) is 25.0 Å². The lowest BCUT2D eigenvalue weighted by Crippen LogP contribution is -2.28. The Morgan fingerprint density at radius 1 is 1.00 bits per heavy atom. The van der Waals surface area contributed by atoms with E-state index in [4.69, 9.17) is 15.2 Å². The van der Waals surface area contributed by atoms with E-state index in [1.807, 2.05) is 0 Å². The summed E-state index contributed by atoms with van der Waals surface area (Å²) in [4.78, 5) is 46.9. The van der Waals surface area contributed by atoms with Crippen LogP contribution in [-0.4, -0.2) is 43.8 Å². The summed E-state index contributed by atoms with van der Waals surface area (Å²) in [7, 11) is 1.49. The molecular weight excluding hydrogens is 414 g/mol. The first kappa shape index (κ1) is 24.4. The topological polar surface area (TPSA) is 137 Å². The summed E-state index contributed by atoms with van der Waals surface area (Å²) in [6.45, 7) is 1.85. The number of rotatable bonds is 12. The molecule has 2 aromatic rings. The Balaban J connectivity index is 1.86. The Morgan fingerprint density at radius 2 is 1.75 bits per heavy atom. The third-order valence-electron chi connectivity index (χ3n) is 4.48. The molecule has 0 unspecified atom stereocenters. The second kappa shape index (κ2) is 12.1. The Labute approximate surface area is 186 Å². The standard InChI is InChI=1S/C23H27N3O6/c1-15(27)16-9-10-19(20(14-16)31-2)32-13-5-8-22(29)26-18-7-4-3-6-17(18)23(30)25-12-11-21(24)28/h3-4,6-7,9-10,14H,5,8,11-13H2,1-2H3,(H2,24,28)(H,25,30)(H,26,29). The number of methoxy groups -OCH3 is 1. The number of carbonyl (C=O) groups excluding carboxylic acids is 4. The summed E-state index contributed by atoms with van der Waals surface area (Å²) in [5, 5.41) is 5.31. The van der Waals surface area contributed by atoms with Crippen molar-refractivity contribution < 1.29 is 28.7 Å². The Hall–Kier alpha value is -3.88. The van der Waals surface area contributed by atoms with Gasteiger partial charge in [-0.3, -0.25) is 19.2 Å². The third-order valence-corrected chi connectivity index (χ3v) is 4.48. The first-order chi connectivity index (χ1) is 15.3. The van der Waals surface area contributed by atoms with E-state index in [2.05, 4.69) is 10.6 Å². The lowest BCUT2D eigenvalue weighted by Gasteiger charge is -2.13. The minimum atomic E-state index is -0.512. The molecule has 0 aliphatic carbocycles. The van der Waals surface area contributed by atoms with Gasteiger partial charge in [0.15, 0.2) is 17.3 Å². The monoisotopic (exact) mass is 441 g/mol. The van der Waals surface area contributed by atoms with Crippen molar-refractivity contribution in [2.45, 2.75) is 26.2 Å². The predicted octanol–water partition coefficient (Wildman–Crippen LogP) is 2.30. The van der Waals surface area contributed by atoms with Crippen LogP contribution in [0.3, 0.4) is 0 Å². The first-order valence-electron chi connectivity index (χ1n) is 10.1. The average Bonchev–Trinajstić information content (AvgIpc) is 2.76. The summed E-state index contributed by atoms with van der Waals surface area (Å²) in [6, 6.07) is 11.5. The molecule has 2 aromatic carbocycles. The maximum atomic E-state index is 12.3. The fraction of sp³-hybridized carbons (Fsp3) is 0.304. The van der Waals surface area contributed by atoms with Gasteiger partial charge < -0.3 is 25.8 Å². The van der Waals surface area contributed by atoms with Crippen molar-refractivity contribution in [1.29, 1.82) is 0 Å². The van der Waals surface area contributed by atoms with E-state index in [9.17, 15) is 19.2 Å². The highest BCUT2D eigenvalue weighted by Crippen LogP contribution is 2.28. The van der Waals surface area contributed by atoms with Crippen LogP contribution >= 0.6 is 0 Å². The van der Waals surface area contributed by atoms with Gasteiger partial charge >= 0.3 is 0 Å². The van der Waals surface area contributed by atoms with E-state index in [0.29, 0.717) is 29.2 Å². The maximum Gasteiger partial charge on any atom is 0.253 e. The van der Waals surface area contributed by atoms with Crippen LogP contribution in [-0.2, 0) is 9.59 Å². The SMILES string of the molecule is COc1cc(C(C)=O)ccc1OCCCC(=O)Nc1ccccc1C(=O)NCCC(N)=O. The average molecular weight is 441 g/mol. The highest BCUT2D eigenvalue weighted by atomic mass is 16.5. The van der Waals surface area contributed by atoms with Gasteiger partial charge in [-0.05, 0) is 43.7 Å². The Morgan fingerprint density at radius 3 is 2.44 bits per heavy atom. The lowest BCUT2D eigenvalue weighted by atomic mass is 10.1. The number of hydrogen-bond donors (Lipinski definition) is 3. The van der Waals surface area contributed by atoms with Gasteiger partial charge in [-0.2, -0.15) is 0 Å².